The molecule has 9 heteroatoms. The lowest BCUT2D eigenvalue weighted by molar-refractivity contribution is 0.562. The van der Waals surface area contributed by atoms with Crippen LogP contribution >= 0.6 is 0 Å². The molecular weight excluding hydrogens is 196 g/mol. The van der Waals surface area contributed by atoms with Gasteiger partial charge in [-0.2, -0.15) is 0 Å². The highest BCUT2D eigenvalue weighted by molar-refractivity contribution is 5.75. The molecule has 0 aromatic carbocycles. The lowest BCUT2D eigenvalue weighted by Gasteiger charge is -1.02. The van der Waals surface area contributed by atoms with Crippen LogP contribution < -0.4 is 0 Å². The van der Waals surface area contributed by atoms with Crippen molar-refractivity contribution in [3.63, 3.8) is 0 Å². The molecule has 0 aliphatic carbocycles. The van der Waals surface area contributed by atoms with Gasteiger partial charge < -0.3 is 0 Å². The lowest BCUT2D eigenvalue weighted by Crippen LogP contribution is -1.16. The maximum atomic E-state index is 8.35. The fraction of sp³-hybridized carbons (Fsp3) is 0. The van der Waals surface area contributed by atoms with E-state index in [1.54, 1.807) is 0 Å². The third-order valence-electron chi connectivity index (χ3n) is 0. The molecule has 0 heterocycles. The first kappa shape index (κ1) is 30.9. The van der Waals surface area contributed by atoms with Crippen molar-refractivity contribution in [3.05, 3.63) is 0 Å². The summed E-state index contributed by atoms with van der Waals surface area (Å²) < 4.78 is 0. The van der Waals surface area contributed by atoms with Gasteiger partial charge >= 0.3 is 0 Å². The summed E-state index contributed by atoms with van der Waals surface area (Å²) in [5, 5.41) is 21.6. The molecule has 0 fully saturated rings. The monoisotopic (exact) mass is 204 g/mol. The smallest absolute Gasteiger partial charge is 0.222 e. The molecule has 0 spiro atoms. The lowest BCUT2D eigenvalue weighted by atomic mass is 11.7. The van der Waals surface area contributed by atoms with E-state index in [4.69, 9.17) is 40.8 Å². The molecule has 0 radical (unpaired) electrons. The maximum absolute atomic E-state index is 8.35. The average Bonchev–Trinajstić information content (AvgIpc) is 1.92. The van der Waals surface area contributed by atoms with Gasteiger partial charge in [-0.15, -0.1) is 0 Å². The van der Waals surface area contributed by atoms with E-state index in [1.807, 2.05) is 0 Å². The first-order valence-corrected chi connectivity index (χ1v) is 1.82. The minimum Gasteiger partial charge on any atom is -0.222 e. The van der Waals surface area contributed by atoms with E-state index in [9.17, 15) is 0 Å². The Labute approximate surface area is 77.0 Å². The number of isocyanates is 4. The van der Waals surface area contributed by atoms with E-state index < -0.39 is 0 Å². The van der Waals surface area contributed by atoms with Crippen molar-refractivity contribution in [2.24, 2.45) is 0 Å². The first-order chi connectivity index (χ1) is 5.66. The van der Waals surface area contributed by atoms with Crippen LogP contribution in [0.5, 0.6) is 0 Å². The molecule has 0 bridgehead atoms. The summed E-state index contributed by atoms with van der Waals surface area (Å²) in [7, 11) is 0. The largest absolute Gasteiger partial charge is 0.231 e. The van der Waals surface area contributed by atoms with Gasteiger partial charge in [0.1, 0.15) is 0 Å². The van der Waals surface area contributed by atoms with Crippen LogP contribution in [0.4, 0.5) is 0 Å². The van der Waals surface area contributed by atoms with E-state index in [1.165, 1.54) is 0 Å². The average molecular weight is 204 g/mol. The standard InChI is InChI=1S/4CHNO.H4Si/c4*2-1-3;/h4*2H;1H4. The summed E-state index contributed by atoms with van der Waals surface area (Å²) in [4.78, 5) is 33.4. The molecule has 0 aliphatic heterocycles. The fourth-order valence-corrected chi connectivity index (χ4v) is 0. The third kappa shape index (κ3) is 114. The SMILES string of the molecule is N=C=O.N=C=O.N=C=O.N=C=O.[SiH4]. The molecule has 8 nitrogen and oxygen atoms in total. The van der Waals surface area contributed by atoms with Gasteiger partial charge in [-0.25, -0.2) is 40.8 Å². The number of carbonyl (C=O) groups excluding carboxylic acids is 4. The summed E-state index contributed by atoms with van der Waals surface area (Å²) in [6, 6.07) is 0. The van der Waals surface area contributed by atoms with Crippen molar-refractivity contribution in [1.82, 2.24) is 0 Å². The van der Waals surface area contributed by atoms with E-state index >= 15 is 0 Å². The Balaban J connectivity index is -0.0000000213. The van der Waals surface area contributed by atoms with Gasteiger partial charge in [-0.3, -0.25) is 0 Å². The van der Waals surface area contributed by atoms with Crippen molar-refractivity contribution in [3.8, 4) is 0 Å². The molecule has 0 rings (SSSR count). The number of hydrogen-bond donors (Lipinski definition) is 4. The van der Waals surface area contributed by atoms with Crippen LogP contribution in [0, 0.1) is 21.6 Å². The van der Waals surface area contributed by atoms with Crippen LogP contribution in [-0.2, 0) is 19.2 Å². The summed E-state index contributed by atoms with van der Waals surface area (Å²) in [5.41, 5.74) is 0. The van der Waals surface area contributed by atoms with Gasteiger partial charge in [-0.05, 0) is 11.0 Å². The second-order valence-electron chi connectivity index (χ2n) is 0.408. The molecule has 4 N–H and O–H groups in total. The maximum Gasteiger partial charge on any atom is 0.231 e. The Kier molecular flexibility index (Phi) is 586. The minimum atomic E-state index is 0. The van der Waals surface area contributed by atoms with Gasteiger partial charge in [0, 0.05) is 0 Å². The van der Waals surface area contributed by atoms with Crippen LogP contribution in [0.25, 0.3) is 0 Å². The van der Waals surface area contributed by atoms with Gasteiger partial charge in [0.2, 0.25) is 24.3 Å². The molecule has 0 saturated carbocycles. The molecule has 0 aromatic rings. The van der Waals surface area contributed by atoms with E-state index in [0.717, 1.165) is 24.3 Å². The van der Waals surface area contributed by atoms with Crippen LogP contribution in [0.3, 0.4) is 0 Å². The Bertz CT molecular complexity index is 156. The number of rotatable bonds is 0. The molecule has 0 atom stereocenters. The Morgan fingerprint density at radius 1 is 0.538 bits per heavy atom. The van der Waals surface area contributed by atoms with Gasteiger partial charge in [0.05, 0.1) is 0 Å². The normalized spacial score (nSPS) is 2.46. The van der Waals surface area contributed by atoms with Crippen LogP contribution in [0.1, 0.15) is 0 Å². The van der Waals surface area contributed by atoms with Crippen molar-refractivity contribution in [2.75, 3.05) is 0 Å². The van der Waals surface area contributed by atoms with Crippen molar-refractivity contribution >= 4 is 35.3 Å². The third-order valence-corrected chi connectivity index (χ3v) is 0. The highest BCUT2D eigenvalue weighted by Gasteiger charge is 1.04. The summed E-state index contributed by atoms with van der Waals surface area (Å²) in [6.07, 6.45) is 3.00. The molecule has 0 unspecified atom stereocenters. The van der Waals surface area contributed by atoms with Crippen LogP contribution in [-0.4, -0.2) is 35.3 Å². The molecule has 0 amide bonds. The second-order valence-corrected chi connectivity index (χ2v) is 0.408. The van der Waals surface area contributed by atoms with Crippen molar-refractivity contribution in [2.45, 2.75) is 0 Å². The van der Waals surface area contributed by atoms with Gasteiger partial charge in [-0.1, -0.05) is 0 Å². The predicted octanol–water partition coefficient (Wildman–Crippen LogP) is -1.85. The zero-order valence-corrected chi connectivity index (χ0v) is 5.63. The minimum absolute atomic E-state index is 0. The zero-order chi connectivity index (χ0) is 10.8. The first-order valence-electron chi connectivity index (χ1n) is 1.82. The van der Waals surface area contributed by atoms with Gasteiger partial charge in [0.15, 0.2) is 0 Å². The van der Waals surface area contributed by atoms with E-state index in [2.05, 4.69) is 0 Å². The summed E-state index contributed by atoms with van der Waals surface area (Å²) >= 11 is 0. The molecule has 0 aromatic heterocycles. The van der Waals surface area contributed by atoms with Gasteiger partial charge in [0.25, 0.3) is 0 Å². The number of hydrogen-bond acceptors (Lipinski definition) is 8. The zero-order valence-electron chi connectivity index (χ0n) is 5.63. The van der Waals surface area contributed by atoms with Crippen molar-refractivity contribution in [1.29, 1.82) is 21.6 Å². The highest BCUT2D eigenvalue weighted by Crippen LogP contribution is 0.877. The molecule has 72 valence electrons. The molecular formula is C4H8N4O4Si. The van der Waals surface area contributed by atoms with Crippen LogP contribution in [0.15, 0.2) is 0 Å². The Hall–Kier alpha value is -2.26. The highest BCUT2D eigenvalue weighted by atomic mass is 28.1. The Morgan fingerprint density at radius 3 is 0.538 bits per heavy atom. The van der Waals surface area contributed by atoms with Crippen LogP contribution in [0.2, 0.25) is 0 Å². The van der Waals surface area contributed by atoms with Crippen molar-refractivity contribution < 1.29 is 19.2 Å². The number of nitrogens with one attached hydrogen (secondary N) is 4. The topological polar surface area (TPSA) is 164 Å². The predicted molar refractivity (Wildman–Crippen MR) is 45.0 cm³/mol. The summed E-state index contributed by atoms with van der Waals surface area (Å²) in [6.45, 7) is 0. The Morgan fingerprint density at radius 2 is 0.538 bits per heavy atom. The quantitative estimate of drug-likeness (QED) is 0.207. The molecule has 0 aliphatic rings. The second kappa shape index (κ2) is 246. The summed E-state index contributed by atoms with van der Waals surface area (Å²) in [5.74, 6) is 0. The molecule has 13 heavy (non-hydrogen) atoms. The van der Waals surface area contributed by atoms with E-state index in [-0.39, 0.29) is 11.0 Å². The molecule has 0 saturated heterocycles. The fourth-order valence-electron chi connectivity index (χ4n) is 0. The van der Waals surface area contributed by atoms with E-state index in [0.29, 0.717) is 0 Å².